The van der Waals surface area contributed by atoms with Crippen LogP contribution in [-0.4, -0.2) is 30.6 Å². The highest BCUT2D eigenvalue weighted by Crippen LogP contribution is 2.44. The molecule has 4 rings (SSSR count). The van der Waals surface area contributed by atoms with Gasteiger partial charge in [-0.05, 0) is 61.4 Å². The maximum absolute atomic E-state index is 13.7. The fraction of sp³-hybridized carbons (Fsp3) is 0.200. The van der Waals surface area contributed by atoms with E-state index in [0.717, 1.165) is 11.1 Å². The van der Waals surface area contributed by atoms with Crippen LogP contribution in [0.4, 0.5) is 0 Å². The van der Waals surface area contributed by atoms with Crippen molar-refractivity contribution in [2.24, 2.45) is 0 Å². The summed E-state index contributed by atoms with van der Waals surface area (Å²) in [4.78, 5) is 1.16. The van der Waals surface area contributed by atoms with Crippen LogP contribution >= 0.6 is 0 Å². The average Bonchev–Trinajstić information content (AvgIpc) is 3.17. The minimum Gasteiger partial charge on any atom is -0.497 e. The Morgan fingerprint density at radius 3 is 2.12 bits per heavy atom. The second-order valence-corrected chi connectivity index (χ2v) is 11.1. The lowest BCUT2D eigenvalue weighted by Gasteiger charge is -2.26. The number of hydrogen-bond donors (Lipinski definition) is 0. The number of ether oxygens (including phenoxy) is 1. The van der Waals surface area contributed by atoms with Crippen LogP contribution in [0.3, 0.4) is 0 Å². The van der Waals surface area contributed by atoms with Gasteiger partial charge in [0.1, 0.15) is 16.7 Å². The number of aryl methyl sites for hydroxylation is 1. The van der Waals surface area contributed by atoms with Gasteiger partial charge in [0, 0.05) is 6.54 Å². The molecule has 0 saturated heterocycles. The summed E-state index contributed by atoms with van der Waals surface area (Å²) in [5, 5.41) is 0. The molecule has 0 N–H and O–H groups in total. The predicted molar refractivity (Wildman–Crippen MR) is 126 cm³/mol. The highest BCUT2D eigenvalue weighted by atomic mass is 32.2. The van der Waals surface area contributed by atoms with Gasteiger partial charge in [0.15, 0.2) is 0 Å². The van der Waals surface area contributed by atoms with Crippen LogP contribution < -0.4 is 4.74 Å². The van der Waals surface area contributed by atoms with E-state index in [1.54, 1.807) is 60.8 Å². The summed E-state index contributed by atoms with van der Waals surface area (Å²) >= 11 is 0. The molecule has 7 heteroatoms. The lowest BCUT2D eigenvalue weighted by molar-refractivity contribution is 0.413. The molecule has 0 aromatic heterocycles. The molecule has 0 aliphatic carbocycles. The predicted octanol–water partition coefficient (Wildman–Crippen LogP) is 4.83. The van der Waals surface area contributed by atoms with E-state index < -0.39 is 26.9 Å². The molecular formula is C25H25NO4S2. The van der Waals surface area contributed by atoms with Crippen molar-refractivity contribution in [3.8, 4) is 5.75 Å². The third kappa shape index (κ3) is 4.16. The molecule has 0 fully saturated rings. The Balaban J connectivity index is 1.83. The number of rotatable bonds is 6. The lowest BCUT2D eigenvalue weighted by Crippen LogP contribution is -2.29. The number of hydrogen-bond acceptors (Lipinski definition) is 4. The van der Waals surface area contributed by atoms with Crippen molar-refractivity contribution in [3.05, 3.63) is 100 Å². The quantitative estimate of drug-likeness (QED) is 0.521. The van der Waals surface area contributed by atoms with Crippen LogP contribution in [0.1, 0.15) is 24.1 Å². The van der Waals surface area contributed by atoms with Crippen molar-refractivity contribution in [3.63, 3.8) is 0 Å². The molecule has 0 amide bonds. The van der Waals surface area contributed by atoms with Gasteiger partial charge in [0.05, 0.1) is 27.8 Å². The van der Waals surface area contributed by atoms with Crippen LogP contribution in [0.2, 0.25) is 0 Å². The largest absolute Gasteiger partial charge is 0.497 e. The highest BCUT2D eigenvalue weighted by molar-refractivity contribution is 7.95. The zero-order chi connectivity index (χ0) is 22.9. The van der Waals surface area contributed by atoms with E-state index in [4.69, 9.17) is 4.74 Å². The summed E-state index contributed by atoms with van der Waals surface area (Å²) in [7, 11) is -3.74. The van der Waals surface area contributed by atoms with Crippen molar-refractivity contribution < 1.29 is 17.4 Å². The SMILES string of the molecule is COc1ccc([C@H]2C(S(=O)(=O)c3ccccc3)=C(C)CN2S(=O)c2ccc(C)cc2)cc1. The third-order valence-electron chi connectivity index (χ3n) is 5.56. The van der Waals surface area contributed by atoms with Crippen molar-refractivity contribution in [1.29, 1.82) is 0 Å². The minimum atomic E-state index is -3.78. The molecule has 166 valence electrons. The van der Waals surface area contributed by atoms with Crippen LogP contribution in [-0.2, 0) is 20.8 Å². The Labute approximate surface area is 191 Å². The molecule has 1 unspecified atom stereocenters. The van der Waals surface area contributed by atoms with Gasteiger partial charge in [-0.2, -0.15) is 0 Å². The number of benzene rings is 3. The molecule has 3 aromatic rings. The Bertz CT molecular complexity index is 1270. The van der Waals surface area contributed by atoms with Crippen LogP contribution in [0, 0.1) is 6.92 Å². The van der Waals surface area contributed by atoms with Crippen molar-refractivity contribution in [2.75, 3.05) is 13.7 Å². The number of sulfone groups is 1. The Kier molecular flexibility index (Phi) is 6.33. The third-order valence-corrected chi connectivity index (χ3v) is 9.04. The Morgan fingerprint density at radius 2 is 1.53 bits per heavy atom. The first-order valence-corrected chi connectivity index (χ1v) is 12.8. The fourth-order valence-corrected chi connectivity index (χ4v) is 7.20. The Hall–Kier alpha value is -2.74. The summed E-state index contributed by atoms with van der Waals surface area (Å²) in [6.07, 6.45) is 0. The van der Waals surface area contributed by atoms with E-state index in [9.17, 15) is 12.6 Å². The smallest absolute Gasteiger partial charge is 0.204 e. The van der Waals surface area contributed by atoms with E-state index in [1.807, 2.05) is 43.3 Å². The van der Waals surface area contributed by atoms with E-state index >= 15 is 0 Å². The highest BCUT2D eigenvalue weighted by Gasteiger charge is 2.42. The van der Waals surface area contributed by atoms with Gasteiger partial charge in [-0.3, -0.25) is 0 Å². The van der Waals surface area contributed by atoms with Gasteiger partial charge < -0.3 is 4.74 Å². The average molecular weight is 468 g/mol. The van der Waals surface area contributed by atoms with Gasteiger partial charge >= 0.3 is 0 Å². The lowest BCUT2D eigenvalue weighted by atomic mass is 10.1. The van der Waals surface area contributed by atoms with Gasteiger partial charge in [-0.25, -0.2) is 16.9 Å². The molecule has 2 atom stereocenters. The molecule has 1 aliphatic rings. The van der Waals surface area contributed by atoms with Crippen molar-refractivity contribution >= 4 is 20.8 Å². The summed E-state index contributed by atoms with van der Waals surface area (Å²) in [5.74, 6) is 0.672. The zero-order valence-corrected chi connectivity index (χ0v) is 19.8. The second kappa shape index (κ2) is 9.02. The molecule has 32 heavy (non-hydrogen) atoms. The number of methoxy groups -OCH3 is 1. The van der Waals surface area contributed by atoms with Crippen LogP contribution in [0.15, 0.2) is 99.1 Å². The molecule has 3 aromatic carbocycles. The zero-order valence-electron chi connectivity index (χ0n) is 18.2. The molecule has 1 heterocycles. The topological polar surface area (TPSA) is 63.7 Å². The summed E-state index contributed by atoms with van der Waals surface area (Å²) in [6.45, 7) is 4.07. The molecule has 0 radical (unpaired) electrons. The van der Waals surface area contributed by atoms with E-state index in [2.05, 4.69) is 0 Å². The van der Waals surface area contributed by atoms with Gasteiger partial charge in [0.2, 0.25) is 9.84 Å². The maximum atomic E-state index is 13.7. The first kappa shape index (κ1) is 22.5. The van der Waals surface area contributed by atoms with Crippen molar-refractivity contribution in [2.45, 2.75) is 29.7 Å². The molecule has 0 bridgehead atoms. The van der Waals surface area contributed by atoms with Crippen LogP contribution in [0.25, 0.3) is 0 Å². The van der Waals surface area contributed by atoms with Gasteiger partial charge in [-0.15, -0.1) is 0 Å². The van der Waals surface area contributed by atoms with Gasteiger partial charge in [-0.1, -0.05) is 48.0 Å². The summed E-state index contributed by atoms with van der Waals surface area (Å²) in [5.41, 5.74) is 2.51. The van der Waals surface area contributed by atoms with E-state index in [0.29, 0.717) is 22.8 Å². The van der Waals surface area contributed by atoms with E-state index in [1.165, 1.54) is 0 Å². The molecule has 0 saturated carbocycles. The molecule has 5 nitrogen and oxygen atoms in total. The standard InChI is InChI=1S/C25H25NO4S2/c1-18-9-15-22(16-10-18)31(27)26-17-19(2)25(32(28,29)23-7-5-4-6-8-23)24(26)20-11-13-21(30-3)14-12-20/h4-16,24H,17H2,1-3H3/t24-,31?/m0/s1. The first-order valence-electron chi connectivity index (χ1n) is 10.2. The van der Waals surface area contributed by atoms with Crippen LogP contribution in [0.5, 0.6) is 5.75 Å². The number of nitrogens with zero attached hydrogens (tertiary/aromatic N) is 1. The first-order chi connectivity index (χ1) is 15.3. The monoisotopic (exact) mass is 467 g/mol. The summed E-state index contributed by atoms with van der Waals surface area (Å²) < 4.78 is 48.0. The molecular weight excluding hydrogens is 442 g/mol. The fourth-order valence-electron chi connectivity index (χ4n) is 3.92. The minimum absolute atomic E-state index is 0.232. The maximum Gasteiger partial charge on any atom is 0.204 e. The normalized spacial score (nSPS) is 18.0. The molecule has 1 aliphatic heterocycles. The van der Waals surface area contributed by atoms with Gasteiger partial charge in [0.25, 0.3) is 0 Å². The molecule has 0 spiro atoms. The summed E-state index contributed by atoms with van der Waals surface area (Å²) in [6, 6.07) is 22.5. The second-order valence-electron chi connectivity index (χ2n) is 7.77. The van der Waals surface area contributed by atoms with Crippen molar-refractivity contribution in [1.82, 2.24) is 4.31 Å². The Morgan fingerprint density at radius 1 is 0.906 bits per heavy atom. The van der Waals surface area contributed by atoms with E-state index in [-0.39, 0.29) is 9.80 Å².